The number of ether oxygens (including phenoxy) is 1. The quantitative estimate of drug-likeness (QED) is 0.522. The molecule has 2 aromatic carbocycles. The van der Waals surface area contributed by atoms with Crippen LogP contribution in [0.1, 0.15) is 45.2 Å². The minimum Gasteiger partial charge on any atom is -0.359 e. The Balaban J connectivity index is 2.04. The minimum atomic E-state index is -3.95. The average Bonchev–Trinajstić information content (AvgIpc) is 2.61. The molecule has 30 heavy (non-hydrogen) atoms. The lowest BCUT2D eigenvalue weighted by atomic mass is 10.1. The van der Waals surface area contributed by atoms with Crippen LogP contribution >= 0.6 is 0 Å². The molecule has 0 atom stereocenters. The highest BCUT2D eigenvalue weighted by atomic mass is 32.2. The molecule has 8 heteroatoms. The summed E-state index contributed by atoms with van der Waals surface area (Å²) in [6, 6.07) is 13.0. The van der Waals surface area contributed by atoms with Crippen molar-refractivity contribution in [2.75, 3.05) is 6.61 Å². The molecular formula is C22H30O6S2. The fraction of sp³-hybridized carbons (Fsp3) is 0.455. The van der Waals surface area contributed by atoms with E-state index in [2.05, 4.69) is 0 Å². The second-order valence-corrected chi connectivity index (χ2v) is 12.4. The molecule has 0 aromatic heterocycles. The number of hydrogen-bond acceptors (Lipinski definition) is 6. The Hall–Kier alpha value is -1.74. The number of rotatable bonds is 9. The summed E-state index contributed by atoms with van der Waals surface area (Å²) in [4.78, 5) is -1.23. The monoisotopic (exact) mass is 454 g/mol. The van der Waals surface area contributed by atoms with E-state index in [1.54, 1.807) is 50.2 Å². The van der Waals surface area contributed by atoms with Gasteiger partial charge in [0, 0.05) is 6.42 Å². The smallest absolute Gasteiger partial charge is 0.297 e. The maximum Gasteiger partial charge on any atom is 0.297 e. The molecule has 2 rings (SSSR count). The summed E-state index contributed by atoms with van der Waals surface area (Å²) in [5.74, 6) is 0. The number of sulfone groups is 1. The summed E-state index contributed by atoms with van der Waals surface area (Å²) in [6.45, 7) is 9.98. The van der Waals surface area contributed by atoms with E-state index in [9.17, 15) is 16.8 Å². The molecule has 0 heterocycles. The largest absolute Gasteiger partial charge is 0.359 e. The Kier molecular flexibility index (Phi) is 7.18. The molecule has 0 radical (unpaired) electrons. The highest BCUT2D eigenvalue weighted by molar-refractivity contribution is 7.92. The van der Waals surface area contributed by atoms with E-state index in [0.29, 0.717) is 0 Å². The van der Waals surface area contributed by atoms with Gasteiger partial charge >= 0.3 is 0 Å². The fourth-order valence-electron chi connectivity index (χ4n) is 2.71. The van der Waals surface area contributed by atoms with Gasteiger partial charge in [-0.1, -0.05) is 35.4 Å². The van der Waals surface area contributed by atoms with Crippen LogP contribution in [0.5, 0.6) is 0 Å². The molecule has 0 bridgehead atoms. The van der Waals surface area contributed by atoms with Gasteiger partial charge in [-0.15, -0.1) is 0 Å². The van der Waals surface area contributed by atoms with Crippen LogP contribution in [-0.4, -0.2) is 34.0 Å². The Morgan fingerprint density at radius 1 is 0.733 bits per heavy atom. The number of hydrogen-bond donors (Lipinski definition) is 0. The molecule has 0 fully saturated rings. The van der Waals surface area contributed by atoms with E-state index in [4.69, 9.17) is 8.92 Å². The van der Waals surface area contributed by atoms with Gasteiger partial charge in [-0.05, 0) is 65.8 Å². The standard InChI is InChI=1S/C22H30O6S2/c1-17-7-11-19(12-8-17)29(23,24)22(5,6)27-16-15-21(3,4)28-30(25,26)20-13-9-18(2)10-14-20/h7-14H,15-16H2,1-6H3. The molecular weight excluding hydrogens is 424 g/mol. The Morgan fingerprint density at radius 3 is 1.63 bits per heavy atom. The molecule has 0 aliphatic rings. The average molecular weight is 455 g/mol. The van der Waals surface area contributed by atoms with E-state index in [1.807, 2.05) is 13.8 Å². The lowest BCUT2D eigenvalue weighted by Crippen LogP contribution is -2.37. The van der Waals surface area contributed by atoms with Gasteiger partial charge in [-0.2, -0.15) is 8.42 Å². The highest BCUT2D eigenvalue weighted by Crippen LogP contribution is 2.29. The topological polar surface area (TPSA) is 86.7 Å². The van der Waals surface area contributed by atoms with Gasteiger partial charge in [0.2, 0.25) is 9.84 Å². The van der Waals surface area contributed by atoms with Crippen LogP contribution in [0.4, 0.5) is 0 Å². The van der Waals surface area contributed by atoms with Gasteiger partial charge in [0.25, 0.3) is 10.1 Å². The van der Waals surface area contributed by atoms with E-state index >= 15 is 0 Å². The molecule has 0 saturated heterocycles. The van der Waals surface area contributed by atoms with Crippen molar-refractivity contribution in [2.45, 2.75) is 68.3 Å². The van der Waals surface area contributed by atoms with E-state index < -0.39 is 30.5 Å². The Bertz CT molecular complexity index is 1070. The number of benzene rings is 2. The summed E-state index contributed by atoms with van der Waals surface area (Å²) in [6.07, 6.45) is 0.185. The van der Waals surface area contributed by atoms with Crippen LogP contribution < -0.4 is 0 Å². The van der Waals surface area contributed by atoms with Crippen LogP contribution in [0.3, 0.4) is 0 Å². The first-order chi connectivity index (χ1) is 13.7. The van der Waals surface area contributed by atoms with Crippen molar-refractivity contribution in [3.8, 4) is 0 Å². The SMILES string of the molecule is Cc1ccc(S(=O)(=O)OC(C)(C)CCOC(C)(C)S(=O)(=O)c2ccc(C)cc2)cc1. The molecule has 2 aromatic rings. The van der Waals surface area contributed by atoms with Crippen molar-refractivity contribution in [1.82, 2.24) is 0 Å². The van der Waals surface area contributed by atoms with E-state index in [1.165, 1.54) is 26.0 Å². The molecule has 0 N–H and O–H groups in total. The summed E-state index contributed by atoms with van der Waals surface area (Å²) in [5, 5.41) is 0. The third kappa shape index (κ3) is 5.91. The maximum atomic E-state index is 12.9. The molecule has 0 aliphatic heterocycles. The first kappa shape index (κ1) is 24.5. The third-order valence-corrected chi connectivity index (χ3v) is 8.60. The molecule has 0 saturated carbocycles. The van der Waals surface area contributed by atoms with Crippen LogP contribution in [0.15, 0.2) is 58.3 Å². The van der Waals surface area contributed by atoms with E-state index in [0.717, 1.165) is 11.1 Å². The summed E-state index contributed by atoms with van der Waals surface area (Å²) in [5.41, 5.74) is 0.827. The molecule has 0 aliphatic carbocycles. The van der Waals surface area contributed by atoms with Crippen molar-refractivity contribution in [2.24, 2.45) is 0 Å². The number of aryl methyl sites for hydroxylation is 2. The maximum absolute atomic E-state index is 12.9. The summed E-state index contributed by atoms with van der Waals surface area (Å²) >= 11 is 0. The third-order valence-electron chi connectivity index (χ3n) is 4.78. The second kappa shape index (κ2) is 8.78. The fourth-order valence-corrected chi connectivity index (χ4v) is 5.26. The van der Waals surface area contributed by atoms with Crippen molar-refractivity contribution in [3.63, 3.8) is 0 Å². The first-order valence-electron chi connectivity index (χ1n) is 9.64. The van der Waals surface area contributed by atoms with Gasteiger partial charge in [0.05, 0.1) is 22.0 Å². The normalized spacial score (nSPS) is 13.4. The van der Waals surface area contributed by atoms with Gasteiger partial charge in [0.1, 0.15) is 0 Å². The van der Waals surface area contributed by atoms with Crippen molar-refractivity contribution in [3.05, 3.63) is 59.7 Å². The van der Waals surface area contributed by atoms with Gasteiger partial charge in [-0.3, -0.25) is 4.18 Å². The van der Waals surface area contributed by atoms with Crippen molar-refractivity contribution < 1.29 is 25.8 Å². The zero-order valence-corrected chi connectivity index (χ0v) is 19.9. The van der Waals surface area contributed by atoms with Crippen LogP contribution in [0.25, 0.3) is 0 Å². The zero-order valence-electron chi connectivity index (χ0n) is 18.3. The summed E-state index contributed by atoms with van der Waals surface area (Å²) < 4.78 is 62.0. The Morgan fingerprint density at radius 2 is 1.17 bits per heavy atom. The molecule has 0 unspecified atom stereocenters. The van der Waals surface area contributed by atoms with Gasteiger partial charge in [-0.25, -0.2) is 8.42 Å². The molecule has 6 nitrogen and oxygen atoms in total. The van der Waals surface area contributed by atoms with Crippen molar-refractivity contribution >= 4 is 20.0 Å². The summed E-state index contributed by atoms with van der Waals surface area (Å²) in [7, 11) is -7.69. The van der Waals surface area contributed by atoms with Crippen LogP contribution in [0, 0.1) is 13.8 Å². The lowest BCUT2D eigenvalue weighted by molar-refractivity contribution is 0.00575. The predicted octanol–water partition coefficient (Wildman–Crippen LogP) is 4.40. The second-order valence-electron chi connectivity index (χ2n) is 8.42. The minimum absolute atomic E-state index is 0.00844. The zero-order chi connectivity index (χ0) is 22.8. The van der Waals surface area contributed by atoms with Gasteiger partial charge in [0.15, 0.2) is 4.93 Å². The van der Waals surface area contributed by atoms with Crippen LogP contribution in [0.2, 0.25) is 0 Å². The van der Waals surface area contributed by atoms with Crippen molar-refractivity contribution in [1.29, 1.82) is 0 Å². The molecule has 0 spiro atoms. The lowest BCUT2D eigenvalue weighted by Gasteiger charge is -2.29. The van der Waals surface area contributed by atoms with Gasteiger partial charge < -0.3 is 4.74 Å². The molecule has 0 amide bonds. The Labute approximate surface area is 180 Å². The van der Waals surface area contributed by atoms with Crippen LogP contribution in [-0.2, 0) is 28.9 Å². The highest BCUT2D eigenvalue weighted by Gasteiger charge is 2.37. The first-order valence-corrected chi connectivity index (χ1v) is 12.5. The molecule has 166 valence electrons. The van der Waals surface area contributed by atoms with E-state index in [-0.39, 0.29) is 22.8 Å². The predicted molar refractivity (Wildman–Crippen MR) is 117 cm³/mol.